The third-order valence-electron chi connectivity index (χ3n) is 7.04. The number of ether oxygens (including phenoxy) is 2. The summed E-state index contributed by atoms with van der Waals surface area (Å²) in [6.45, 7) is 1.83. The molecule has 172 valence electrons. The number of hydrogen-bond donors (Lipinski definition) is 1. The number of nitrogens with one attached hydrogen (secondary N) is 1. The molecule has 0 saturated heterocycles. The highest BCUT2D eigenvalue weighted by Crippen LogP contribution is 2.36. The summed E-state index contributed by atoms with van der Waals surface area (Å²) >= 11 is 0. The Morgan fingerprint density at radius 1 is 1.16 bits per heavy atom. The summed E-state index contributed by atoms with van der Waals surface area (Å²) in [5.74, 6) is 1.73. The van der Waals surface area contributed by atoms with E-state index in [0.29, 0.717) is 12.1 Å². The van der Waals surface area contributed by atoms with Crippen molar-refractivity contribution in [2.45, 2.75) is 57.0 Å². The summed E-state index contributed by atoms with van der Waals surface area (Å²) < 4.78 is 25.4. The average molecular weight is 459 g/mol. The molecule has 2 aliphatic rings. The van der Waals surface area contributed by atoms with Crippen molar-refractivity contribution in [1.82, 2.24) is 9.88 Å². The summed E-state index contributed by atoms with van der Waals surface area (Å²) in [5, 5.41) is 1.01. The predicted octanol–water partition coefficient (Wildman–Crippen LogP) is 5.92. The predicted molar refractivity (Wildman–Crippen MR) is 129 cm³/mol. The number of aryl methyl sites for hydroxylation is 1. The molecule has 4 nitrogen and oxygen atoms in total. The van der Waals surface area contributed by atoms with Gasteiger partial charge in [0, 0.05) is 34.7 Å². The summed E-state index contributed by atoms with van der Waals surface area (Å²) in [6.07, 6.45) is 10.1. The van der Waals surface area contributed by atoms with Crippen molar-refractivity contribution in [2.24, 2.45) is 0 Å². The maximum atomic E-state index is 13.6. The van der Waals surface area contributed by atoms with Crippen molar-refractivity contribution < 1.29 is 13.9 Å². The van der Waals surface area contributed by atoms with Gasteiger partial charge in [0.2, 0.25) is 0 Å². The van der Waals surface area contributed by atoms with E-state index in [-0.39, 0.29) is 18.2 Å². The largest absolute Gasteiger partial charge is 0.496 e. The minimum atomic E-state index is -0.169. The Morgan fingerprint density at radius 2 is 2.03 bits per heavy atom. The van der Waals surface area contributed by atoms with Crippen LogP contribution in [0.4, 0.5) is 4.39 Å². The maximum Gasteiger partial charge on any atom is 0.126 e. The number of benzene rings is 2. The molecule has 3 aromatic rings. The van der Waals surface area contributed by atoms with Crippen molar-refractivity contribution in [1.29, 1.82) is 0 Å². The van der Waals surface area contributed by atoms with Crippen LogP contribution in [0.2, 0.25) is 0 Å². The Morgan fingerprint density at radius 3 is 2.81 bits per heavy atom. The SMILES string of the molecule is COc1cccc2c1CC(N(CCCCc1c[nH]c3ccc(F)cc13)C1CCC1)CO2.Cl. The van der Waals surface area contributed by atoms with E-state index in [2.05, 4.69) is 9.88 Å². The zero-order valence-corrected chi connectivity index (χ0v) is 19.4. The Kier molecular flexibility index (Phi) is 7.27. The van der Waals surface area contributed by atoms with Crippen LogP contribution in [0.3, 0.4) is 0 Å². The number of aromatic nitrogens is 1. The van der Waals surface area contributed by atoms with Gasteiger partial charge in [-0.25, -0.2) is 4.39 Å². The molecular weight excluding hydrogens is 427 g/mol. The van der Waals surface area contributed by atoms with E-state index in [4.69, 9.17) is 9.47 Å². The second-order valence-corrected chi connectivity index (χ2v) is 8.89. The highest BCUT2D eigenvalue weighted by Gasteiger charge is 2.34. The van der Waals surface area contributed by atoms with Gasteiger partial charge in [0.1, 0.15) is 23.9 Å². The van der Waals surface area contributed by atoms with Crippen LogP contribution in [0.15, 0.2) is 42.6 Å². The first-order valence-electron chi connectivity index (χ1n) is 11.5. The second-order valence-electron chi connectivity index (χ2n) is 8.89. The van der Waals surface area contributed by atoms with E-state index in [9.17, 15) is 4.39 Å². The molecule has 1 fully saturated rings. The maximum absolute atomic E-state index is 13.6. The third-order valence-corrected chi connectivity index (χ3v) is 7.04. The Hall–Kier alpha value is -2.24. The minimum absolute atomic E-state index is 0. The van der Waals surface area contributed by atoms with Gasteiger partial charge in [-0.05, 0) is 81.0 Å². The number of rotatable bonds is 8. The van der Waals surface area contributed by atoms with Gasteiger partial charge >= 0.3 is 0 Å². The van der Waals surface area contributed by atoms with E-state index in [1.807, 2.05) is 30.5 Å². The molecule has 6 heteroatoms. The molecule has 0 spiro atoms. The van der Waals surface area contributed by atoms with Crippen molar-refractivity contribution in [3.8, 4) is 11.5 Å². The highest BCUT2D eigenvalue weighted by molar-refractivity contribution is 5.85. The molecule has 0 bridgehead atoms. The number of methoxy groups -OCH3 is 1. The summed E-state index contributed by atoms with van der Waals surface area (Å²) in [4.78, 5) is 5.96. The van der Waals surface area contributed by atoms with E-state index < -0.39 is 0 Å². The lowest BCUT2D eigenvalue weighted by Gasteiger charge is -2.44. The lowest BCUT2D eigenvalue weighted by Crippen LogP contribution is -2.51. The average Bonchev–Trinajstić information content (AvgIpc) is 3.15. The van der Waals surface area contributed by atoms with Crippen molar-refractivity contribution >= 4 is 23.3 Å². The molecular formula is C26H32ClFN2O2. The van der Waals surface area contributed by atoms with Gasteiger partial charge < -0.3 is 14.5 Å². The molecule has 1 unspecified atom stereocenters. The number of aromatic amines is 1. The van der Waals surface area contributed by atoms with Crippen LogP contribution in [-0.2, 0) is 12.8 Å². The fraction of sp³-hybridized carbons (Fsp3) is 0.462. The number of unbranched alkanes of at least 4 members (excludes halogenated alkanes) is 1. The van der Waals surface area contributed by atoms with Gasteiger partial charge in [-0.15, -0.1) is 12.4 Å². The highest BCUT2D eigenvalue weighted by atomic mass is 35.5. The van der Waals surface area contributed by atoms with Gasteiger partial charge in [-0.3, -0.25) is 4.90 Å². The van der Waals surface area contributed by atoms with E-state index in [0.717, 1.165) is 61.2 Å². The molecule has 1 aliphatic heterocycles. The van der Waals surface area contributed by atoms with Crippen LogP contribution in [0.5, 0.6) is 11.5 Å². The van der Waals surface area contributed by atoms with Crippen LogP contribution in [0.1, 0.15) is 43.2 Å². The fourth-order valence-corrected chi connectivity index (χ4v) is 5.12. The Balaban J connectivity index is 0.00000245. The molecule has 32 heavy (non-hydrogen) atoms. The first-order chi connectivity index (χ1) is 15.2. The van der Waals surface area contributed by atoms with Crippen LogP contribution in [0, 0.1) is 5.82 Å². The number of nitrogens with zero attached hydrogens (tertiary/aromatic N) is 1. The number of halogens is 2. The molecule has 0 amide bonds. The van der Waals surface area contributed by atoms with E-state index >= 15 is 0 Å². The molecule has 1 atom stereocenters. The molecule has 1 aliphatic carbocycles. The van der Waals surface area contributed by atoms with Crippen molar-refractivity contribution in [3.63, 3.8) is 0 Å². The quantitative estimate of drug-likeness (QED) is 0.426. The van der Waals surface area contributed by atoms with Gasteiger partial charge in [0.05, 0.1) is 7.11 Å². The molecule has 0 radical (unpaired) electrons. The normalized spacial score (nSPS) is 18.0. The van der Waals surface area contributed by atoms with E-state index in [1.165, 1.54) is 36.5 Å². The van der Waals surface area contributed by atoms with Gasteiger partial charge in [0.15, 0.2) is 0 Å². The lowest BCUT2D eigenvalue weighted by molar-refractivity contribution is 0.0426. The first-order valence-corrected chi connectivity index (χ1v) is 11.5. The zero-order valence-electron chi connectivity index (χ0n) is 18.6. The summed E-state index contributed by atoms with van der Waals surface area (Å²) in [7, 11) is 1.74. The molecule has 2 heterocycles. The van der Waals surface area contributed by atoms with Crippen LogP contribution >= 0.6 is 12.4 Å². The summed E-state index contributed by atoms with van der Waals surface area (Å²) in [6, 6.07) is 12.1. The molecule has 5 rings (SSSR count). The molecule has 1 N–H and O–H groups in total. The topological polar surface area (TPSA) is 37.5 Å². The molecule has 1 aromatic heterocycles. The van der Waals surface area contributed by atoms with Crippen LogP contribution in [0.25, 0.3) is 10.9 Å². The smallest absolute Gasteiger partial charge is 0.126 e. The molecule has 1 saturated carbocycles. The summed E-state index contributed by atoms with van der Waals surface area (Å²) in [5.41, 5.74) is 3.43. The number of hydrogen-bond acceptors (Lipinski definition) is 3. The van der Waals surface area contributed by atoms with Crippen LogP contribution in [-0.4, -0.2) is 42.2 Å². The van der Waals surface area contributed by atoms with E-state index in [1.54, 1.807) is 13.2 Å². The Labute approximate surface area is 195 Å². The van der Waals surface area contributed by atoms with Crippen molar-refractivity contribution in [3.05, 3.63) is 59.5 Å². The zero-order chi connectivity index (χ0) is 21.2. The van der Waals surface area contributed by atoms with Gasteiger partial charge in [0.25, 0.3) is 0 Å². The third kappa shape index (κ3) is 4.60. The second kappa shape index (κ2) is 10.1. The first kappa shape index (κ1) is 22.9. The minimum Gasteiger partial charge on any atom is -0.496 e. The fourth-order valence-electron chi connectivity index (χ4n) is 5.12. The standard InChI is InChI=1S/C26H31FN2O2.ClH/c1-30-25-9-5-10-26-23(25)15-21(17-31-26)29(20-7-4-8-20)13-3-2-6-18-16-28-24-12-11-19(27)14-22(18)24;/h5,9-12,14,16,20-21,28H,2-4,6-8,13,15,17H2,1H3;1H. The van der Waals surface area contributed by atoms with Crippen molar-refractivity contribution in [2.75, 3.05) is 20.3 Å². The Bertz CT molecular complexity index is 1040. The van der Waals surface area contributed by atoms with Gasteiger partial charge in [-0.2, -0.15) is 0 Å². The monoisotopic (exact) mass is 458 g/mol. The van der Waals surface area contributed by atoms with Crippen LogP contribution < -0.4 is 9.47 Å². The lowest BCUT2D eigenvalue weighted by atomic mass is 9.88. The van der Waals surface area contributed by atoms with Gasteiger partial charge in [-0.1, -0.05) is 12.5 Å². The molecule has 2 aromatic carbocycles. The number of H-pyrrole nitrogens is 1. The number of fused-ring (bicyclic) bond motifs is 2.